The second-order valence-electron chi connectivity index (χ2n) is 11.9. The first-order valence-electron chi connectivity index (χ1n) is 16.0. The molecule has 224 valence electrons. The molecule has 0 atom stereocenters. The van der Waals surface area contributed by atoms with Crippen molar-refractivity contribution in [3.63, 3.8) is 0 Å². The molecule has 0 aliphatic rings. The number of aromatic nitrogens is 1. The van der Waals surface area contributed by atoms with Crippen molar-refractivity contribution < 1.29 is 0 Å². The van der Waals surface area contributed by atoms with Crippen LogP contribution in [0, 0.1) is 22.7 Å². The summed E-state index contributed by atoms with van der Waals surface area (Å²) in [5.74, 6) is 0. The first kappa shape index (κ1) is 29.0. The highest BCUT2D eigenvalue weighted by atomic mass is 28.3. The molecule has 48 heavy (non-hydrogen) atoms. The van der Waals surface area contributed by atoms with E-state index in [-0.39, 0.29) is 0 Å². The van der Waals surface area contributed by atoms with E-state index in [1.54, 1.807) is 0 Å². The second kappa shape index (κ2) is 12.0. The maximum Gasteiger partial charge on any atom is 0.180 e. The third kappa shape index (κ3) is 4.48. The summed E-state index contributed by atoms with van der Waals surface area (Å²) in [5, 5.41) is 28.2. The number of nitrogens with zero attached hydrogens (tertiary/aromatic N) is 3. The van der Waals surface area contributed by atoms with Gasteiger partial charge in [-0.05, 0) is 50.6 Å². The van der Waals surface area contributed by atoms with Crippen molar-refractivity contribution in [2.45, 2.75) is 0 Å². The Bertz CT molecular complexity index is 2370. The van der Waals surface area contributed by atoms with Crippen LogP contribution >= 0.6 is 0 Å². The topological polar surface area (TPSA) is 52.5 Å². The smallest absolute Gasteiger partial charge is 0.180 e. The highest BCUT2D eigenvalue weighted by Gasteiger charge is 2.43. The molecule has 0 spiro atoms. The quantitative estimate of drug-likeness (QED) is 0.141. The zero-order chi connectivity index (χ0) is 32.5. The van der Waals surface area contributed by atoms with Gasteiger partial charge >= 0.3 is 0 Å². The normalized spacial score (nSPS) is 11.3. The van der Waals surface area contributed by atoms with Crippen molar-refractivity contribution in [1.82, 2.24) is 4.57 Å². The maximum atomic E-state index is 10.7. The fourth-order valence-electron chi connectivity index (χ4n) is 7.42. The third-order valence-corrected chi connectivity index (χ3v) is 14.3. The molecular formula is C44H29N3Si. The van der Waals surface area contributed by atoms with E-state index in [1.807, 2.05) is 54.6 Å². The molecule has 0 saturated carbocycles. The zero-order valence-electron chi connectivity index (χ0n) is 26.1. The summed E-state index contributed by atoms with van der Waals surface area (Å²) in [6, 6.07) is 66.0. The average Bonchev–Trinajstić information content (AvgIpc) is 3.50. The molecule has 0 aliphatic heterocycles. The van der Waals surface area contributed by atoms with Crippen molar-refractivity contribution in [3.8, 4) is 29.0 Å². The van der Waals surface area contributed by atoms with E-state index >= 15 is 0 Å². The van der Waals surface area contributed by atoms with Gasteiger partial charge in [0.2, 0.25) is 0 Å². The van der Waals surface area contributed by atoms with E-state index < -0.39 is 8.07 Å². The lowest BCUT2D eigenvalue weighted by atomic mass is 9.98. The molecule has 8 aromatic rings. The van der Waals surface area contributed by atoms with Gasteiger partial charge in [0.05, 0.1) is 33.9 Å². The Kier molecular flexibility index (Phi) is 7.27. The van der Waals surface area contributed by atoms with Gasteiger partial charge in [-0.3, -0.25) is 0 Å². The van der Waals surface area contributed by atoms with Gasteiger partial charge in [-0.1, -0.05) is 152 Å². The summed E-state index contributed by atoms with van der Waals surface area (Å²) in [6.45, 7) is 0. The number of benzene rings is 7. The van der Waals surface area contributed by atoms with Crippen LogP contribution in [0.2, 0.25) is 0 Å². The molecule has 1 heterocycles. The van der Waals surface area contributed by atoms with E-state index in [4.69, 9.17) is 0 Å². The predicted octanol–water partition coefficient (Wildman–Crippen LogP) is 7.57. The van der Waals surface area contributed by atoms with Crippen LogP contribution in [-0.4, -0.2) is 12.6 Å². The molecule has 0 aliphatic carbocycles. The van der Waals surface area contributed by atoms with Gasteiger partial charge < -0.3 is 4.57 Å². The van der Waals surface area contributed by atoms with Crippen LogP contribution in [0.3, 0.4) is 0 Å². The van der Waals surface area contributed by atoms with Crippen LogP contribution in [0.1, 0.15) is 11.1 Å². The summed E-state index contributed by atoms with van der Waals surface area (Å²) >= 11 is 0. The Labute approximate surface area is 280 Å². The number of nitriles is 2. The molecule has 0 unspecified atom stereocenters. The largest absolute Gasteiger partial charge is 0.307 e. The van der Waals surface area contributed by atoms with Gasteiger partial charge in [0.15, 0.2) is 8.07 Å². The van der Waals surface area contributed by atoms with Crippen LogP contribution in [0.4, 0.5) is 0 Å². The minimum absolute atomic E-state index is 0.586. The van der Waals surface area contributed by atoms with Gasteiger partial charge in [0, 0.05) is 16.3 Å². The zero-order valence-corrected chi connectivity index (χ0v) is 27.1. The molecule has 0 amide bonds. The van der Waals surface area contributed by atoms with Crippen LogP contribution in [0.5, 0.6) is 0 Å². The highest BCUT2D eigenvalue weighted by molar-refractivity contribution is 7.20. The van der Waals surface area contributed by atoms with E-state index in [1.165, 1.54) is 15.6 Å². The van der Waals surface area contributed by atoms with E-state index in [9.17, 15) is 10.5 Å². The minimum Gasteiger partial charge on any atom is -0.307 e. The van der Waals surface area contributed by atoms with Crippen LogP contribution in [0.15, 0.2) is 176 Å². The van der Waals surface area contributed by atoms with Crippen molar-refractivity contribution >= 4 is 50.6 Å². The van der Waals surface area contributed by atoms with Gasteiger partial charge in [-0.25, -0.2) is 0 Å². The lowest BCUT2D eigenvalue weighted by molar-refractivity contribution is 1.17. The number of fused-ring (bicyclic) bond motifs is 3. The lowest BCUT2D eigenvalue weighted by Gasteiger charge is -2.35. The standard InChI is InChI=1S/C44H29N3Si/c45-30-33-28-27-32(29-43(33)48(35-16-4-1-5-17-35,36-18-6-2-7-19-36)37-20-8-3-9-21-37)38-24-14-15-34(31-46)44(38)47-41-25-12-10-22-39(41)40-23-11-13-26-42(40)47/h1-29H. The molecule has 1 aromatic heterocycles. The van der Waals surface area contributed by atoms with Gasteiger partial charge in [0.25, 0.3) is 0 Å². The van der Waals surface area contributed by atoms with Crippen LogP contribution < -0.4 is 20.7 Å². The van der Waals surface area contributed by atoms with Gasteiger partial charge in [0.1, 0.15) is 6.07 Å². The second-order valence-corrected chi connectivity index (χ2v) is 15.7. The Morgan fingerprint density at radius 2 is 0.917 bits per heavy atom. The monoisotopic (exact) mass is 627 g/mol. The summed E-state index contributed by atoms with van der Waals surface area (Å²) in [4.78, 5) is 0. The summed E-state index contributed by atoms with van der Waals surface area (Å²) < 4.78 is 2.23. The Morgan fingerprint density at radius 1 is 0.438 bits per heavy atom. The first-order valence-corrected chi connectivity index (χ1v) is 18.0. The highest BCUT2D eigenvalue weighted by Crippen LogP contribution is 2.37. The van der Waals surface area contributed by atoms with Crippen LogP contribution in [-0.2, 0) is 0 Å². The number of rotatable bonds is 6. The summed E-state index contributed by atoms with van der Waals surface area (Å²) in [7, 11) is -3.02. The molecule has 4 heteroatoms. The average molecular weight is 628 g/mol. The Morgan fingerprint density at radius 3 is 1.42 bits per heavy atom. The van der Waals surface area contributed by atoms with Gasteiger partial charge in [-0.2, -0.15) is 10.5 Å². The SMILES string of the molecule is N#Cc1ccc(-c2cccc(C#N)c2-n2c3ccccc3c3ccccc32)cc1[Si](c1ccccc1)(c1ccccc1)c1ccccc1. The fraction of sp³-hybridized carbons (Fsp3) is 0. The van der Waals surface area contributed by atoms with Gasteiger partial charge in [-0.15, -0.1) is 0 Å². The number of hydrogen-bond donors (Lipinski definition) is 0. The van der Waals surface area contributed by atoms with Crippen molar-refractivity contribution in [1.29, 1.82) is 10.5 Å². The number of para-hydroxylation sites is 3. The lowest BCUT2D eigenvalue weighted by Crippen LogP contribution is -2.75. The van der Waals surface area contributed by atoms with Crippen LogP contribution in [0.25, 0.3) is 38.6 Å². The summed E-state index contributed by atoms with van der Waals surface area (Å²) in [6.07, 6.45) is 0. The molecule has 0 fully saturated rings. The molecule has 0 bridgehead atoms. The molecule has 3 nitrogen and oxygen atoms in total. The minimum atomic E-state index is -3.02. The Balaban J connectivity index is 1.49. The Hall–Kier alpha value is -6.46. The predicted molar refractivity (Wildman–Crippen MR) is 199 cm³/mol. The van der Waals surface area contributed by atoms with E-state index in [0.717, 1.165) is 43.8 Å². The first-order chi connectivity index (χ1) is 23.8. The number of hydrogen-bond acceptors (Lipinski definition) is 2. The van der Waals surface area contributed by atoms with E-state index in [0.29, 0.717) is 11.1 Å². The van der Waals surface area contributed by atoms with Crippen molar-refractivity contribution in [2.75, 3.05) is 0 Å². The fourth-order valence-corrected chi connectivity index (χ4v) is 12.3. The third-order valence-electron chi connectivity index (χ3n) is 9.44. The van der Waals surface area contributed by atoms with E-state index in [2.05, 4.69) is 138 Å². The molecule has 0 radical (unpaired) electrons. The maximum absolute atomic E-state index is 10.7. The molecule has 0 N–H and O–H groups in total. The molecule has 0 saturated heterocycles. The van der Waals surface area contributed by atoms with Crippen molar-refractivity contribution in [3.05, 3.63) is 187 Å². The molecular weight excluding hydrogens is 599 g/mol. The summed E-state index contributed by atoms with van der Waals surface area (Å²) in [5.41, 5.74) is 6.04. The van der Waals surface area contributed by atoms with Crippen molar-refractivity contribution in [2.24, 2.45) is 0 Å². The molecule has 8 rings (SSSR count). The molecule has 7 aromatic carbocycles.